The maximum Gasteiger partial charge on any atom is 0.269 e. The van der Waals surface area contributed by atoms with Crippen molar-refractivity contribution in [1.29, 1.82) is 0 Å². The van der Waals surface area contributed by atoms with E-state index in [0.717, 1.165) is 17.9 Å². The Morgan fingerprint density at radius 2 is 2.23 bits per heavy atom. The fourth-order valence-electron chi connectivity index (χ4n) is 1.16. The lowest BCUT2D eigenvalue weighted by molar-refractivity contribution is 0.0995. The lowest BCUT2D eigenvalue weighted by Crippen LogP contribution is -2.13. The Morgan fingerprint density at radius 3 is 2.54 bits per heavy atom. The molecule has 4 heteroatoms. The molecule has 0 aromatic carbocycles. The molecule has 0 spiro atoms. The van der Waals surface area contributed by atoms with Gasteiger partial charge in [-0.25, -0.2) is 4.98 Å². The molecule has 1 rings (SSSR count). The standard InChI is InChI=1S/C9H15N3O/c1-4-6-7(8(10)13)12-9(11-6)5(2)3/h5H,4H2,1-3H3,(H2,10,13)(H,11,12). The highest BCUT2D eigenvalue weighted by molar-refractivity contribution is 5.92. The van der Waals surface area contributed by atoms with E-state index in [0.29, 0.717) is 11.6 Å². The van der Waals surface area contributed by atoms with Crippen molar-refractivity contribution in [3.63, 3.8) is 0 Å². The lowest BCUT2D eigenvalue weighted by Gasteiger charge is -1.96. The molecule has 1 aromatic rings. The van der Waals surface area contributed by atoms with Crippen molar-refractivity contribution >= 4 is 5.91 Å². The van der Waals surface area contributed by atoms with Gasteiger partial charge in [0.15, 0.2) is 0 Å². The zero-order chi connectivity index (χ0) is 10.0. The molecule has 0 unspecified atom stereocenters. The summed E-state index contributed by atoms with van der Waals surface area (Å²) in [6, 6.07) is 0. The van der Waals surface area contributed by atoms with Gasteiger partial charge in [-0.05, 0) is 6.42 Å². The van der Waals surface area contributed by atoms with E-state index in [-0.39, 0.29) is 0 Å². The predicted molar refractivity (Wildman–Crippen MR) is 50.6 cm³/mol. The number of primary amides is 1. The molecule has 72 valence electrons. The van der Waals surface area contributed by atoms with Crippen LogP contribution in [-0.2, 0) is 6.42 Å². The molecule has 0 saturated carbocycles. The van der Waals surface area contributed by atoms with Crippen LogP contribution >= 0.6 is 0 Å². The number of aromatic nitrogens is 2. The van der Waals surface area contributed by atoms with Gasteiger partial charge in [0.1, 0.15) is 11.5 Å². The number of carbonyl (C=O) groups excluding carboxylic acids is 1. The van der Waals surface area contributed by atoms with Gasteiger partial charge in [-0.15, -0.1) is 0 Å². The van der Waals surface area contributed by atoms with Gasteiger partial charge in [0, 0.05) is 11.6 Å². The Labute approximate surface area is 77.6 Å². The Hall–Kier alpha value is -1.32. The first-order valence-electron chi connectivity index (χ1n) is 4.44. The van der Waals surface area contributed by atoms with Crippen LogP contribution in [0.5, 0.6) is 0 Å². The summed E-state index contributed by atoms with van der Waals surface area (Å²) in [5.74, 6) is 0.657. The van der Waals surface area contributed by atoms with Crippen LogP contribution in [0.4, 0.5) is 0 Å². The van der Waals surface area contributed by atoms with Gasteiger partial charge >= 0.3 is 0 Å². The minimum Gasteiger partial charge on any atom is -0.364 e. The van der Waals surface area contributed by atoms with Gasteiger partial charge in [-0.3, -0.25) is 4.79 Å². The summed E-state index contributed by atoms with van der Waals surface area (Å²) < 4.78 is 0. The number of aryl methyl sites for hydroxylation is 1. The molecule has 0 fully saturated rings. The molecule has 0 bridgehead atoms. The van der Waals surface area contributed by atoms with Crippen LogP contribution in [0.2, 0.25) is 0 Å². The molecule has 1 heterocycles. The van der Waals surface area contributed by atoms with Crippen LogP contribution in [0.25, 0.3) is 0 Å². The summed E-state index contributed by atoms with van der Waals surface area (Å²) in [6.45, 7) is 6.00. The molecule has 13 heavy (non-hydrogen) atoms. The maximum atomic E-state index is 11.0. The average molecular weight is 181 g/mol. The fraction of sp³-hybridized carbons (Fsp3) is 0.556. The van der Waals surface area contributed by atoms with Gasteiger partial charge < -0.3 is 10.7 Å². The number of nitrogens with one attached hydrogen (secondary N) is 1. The van der Waals surface area contributed by atoms with E-state index in [1.54, 1.807) is 0 Å². The Balaban J connectivity index is 3.11. The van der Waals surface area contributed by atoms with Gasteiger partial charge in [-0.2, -0.15) is 0 Å². The highest BCUT2D eigenvalue weighted by Gasteiger charge is 2.14. The monoisotopic (exact) mass is 181 g/mol. The Morgan fingerprint density at radius 1 is 1.62 bits per heavy atom. The third-order valence-electron chi connectivity index (χ3n) is 1.93. The second-order valence-electron chi connectivity index (χ2n) is 3.32. The van der Waals surface area contributed by atoms with Crippen LogP contribution < -0.4 is 5.73 Å². The van der Waals surface area contributed by atoms with Gasteiger partial charge in [0.2, 0.25) is 0 Å². The third kappa shape index (κ3) is 1.88. The van der Waals surface area contributed by atoms with Crippen molar-refractivity contribution in [2.75, 3.05) is 0 Å². The number of nitrogens with zero attached hydrogens (tertiary/aromatic N) is 1. The second-order valence-corrected chi connectivity index (χ2v) is 3.32. The van der Waals surface area contributed by atoms with E-state index >= 15 is 0 Å². The Bertz CT molecular complexity index is 315. The number of hydrogen-bond donors (Lipinski definition) is 2. The lowest BCUT2D eigenvalue weighted by atomic mass is 10.2. The number of aromatic amines is 1. The molecule has 0 aliphatic rings. The van der Waals surface area contributed by atoms with Crippen molar-refractivity contribution in [2.24, 2.45) is 5.73 Å². The zero-order valence-electron chi connectivity index (χ0n) is 8.22. The number of rotatable bonds is 3. The Kier molecular flexibility index (Phi) is 2.70. The van der Waals surface area contributed by atoms with E-state index in [2.05, 4.69) is 9.97 Å². The largest absolute Gasteiger partial charge is 0.364 e. The second kappa shape index (κ2) is 3.60. The summed E-state index contributed by atoms with van der Waals surface area (Å²) in [5, 5.41) is 0. The molecule has 0 aliphatic heterocycles. The summed E-state index contributed by atoms with van der Waals surface area (Å²) in [5.41, 5.74) is 6.39. The maximum absolute atomic E-state index is 11.0. The van der Waals surface area contributed by atoms with Crippen LogP contribution in [0.1, 0.15) is 48.7 Å². The van der Waals surface area contributed by atoms with E-state index in [1.165, 1.54) is 0 Å². The molecule has 4 nitrogen and oxygen atoms in total. The van der Waals surface area contributed by atoms with Crippen LogP contribution in [0.3, 0.4) is 0 Å². The van der Waals surface area contributed by atoms with Crippen molar-refractivity contribution in [1.82, 2.24) is 9.97 Å². The molecule has 0 atom stereocenters. The van der Waals surface area contributed by atoms with Crippen molar-refractivity contribution in [3.8, 4) is 0 Å². The normalized spacial score (nSPS) is 10.8. The molecule has 1 aromatic heterocycles. The molecule has 0 aliphatic carbocycles. The van der Waals surface area contributed by atoms with Gasteiger partial charge in [0.05, 0.1) is 0 Å². The smallest absolute Gasteiger partial charge is 0.269 e. The molecular formula is C9H15N3O. The predicted octanol–water partition coefficient (Wildman–Crippen LogP) is 1.19. The third-order valence-corrected chi connectivity index (χ3v) is 1.93. The number of imidazole rings is 1. The number of H-pyrrole nitrogens is 1. The quantitative estimate of drug-likeness (QED) is 0.735. The van der Waals surface area contributed by atoms with Crippen LogP contribution in [0.15, 0.2) is 0 Å². The van der Waals surface area contributed by atoms with E-state index in [1.807, 2.05) is 20.8 Å². The summed E-state index contributed by atoms with van der Waals surface area (Å²) >= 11 is 0. The van der Waals surface area contributed by atoms with Crippen molar-refractivity contribution < 1.29 is 4.79 Å². The summed E-state index contributed by atoms with van der Waals surface area (Å²) in [4.78, 5) is 18.2. The molecular weight excluding hydrogens is 166 g/mol. The highest BCUT2D eigenvalue weighted by Crippen LogP contribution is 2.13. The first-order valence-corrected chi connectivity index (χ1v) is 4.44. The van der Waals surface area contributed by atoms with Gasteiger partial charge in [0.25, 0.3) is 5.91 Å². The zero-order valence-corrected chi connectivity index (χ0v) is 8.22. The molecule has 0 saturated heterocycles. The van der Waals surface area contributed by atoms with Crippen LogP contribution in [0, 0.1) is 0 Å². The minimum atomic E-state index is -0.458. The first kappa shape index (κ1) is 9.77. The highest BCUT2D eigenvalue weighted by atomic mass is 16.1. The van der Waals surface area contributed by atoms with E-state index < -0.39 is 5.91 Å². The average Bonchev–Trinajstić information content (AvgIpc) is 2.47. The number of amides is 1. The van der Waals surface area contributed by atoms with E-state index in [4.69, 9.17) is 5.73 Å². The number of hydrogen-bond acceptors (Lipinski definition) is 2. The first-order chi connectivity index (χ1) is 6.06. The number of nitrogens with two attached hydrogens (primary N) is 1. The summed E-state index contributed by atoms with van der Waals surface area (Å²) in [7, 11) is 0. The molecule has 0 radical (unpaired) electrons. The van der Waals surface area contributed by atoms with Crippen LogP contribution in [-0.4, -0.2) is 15.9 Å². The molecule has 1 amide bonds. The SMILES string of the molecule is CCc1[nH]c(C(C)C)nc1C(N)=O. The fourth-order valence-corrected chi connectivity index (χ4v) is 1.16. The van der Waals surface area contributed by atoms with Gasteiger partial charge in [-0.1, -0.05) is 20.8 Å². The van der Waals surface area contributed by atoms with E-state index in [9.17, 15) is 4.79 Å². The topological polar surface area (TPSA) is 71.8 Å². The minimum absolute atomic E-state index is 0.290. The summed E-state index contributed by atoms with van der Waals surface area (Å²) in [6.07, 6.45) is 0.748. The van der Waals surface area contributed by atoms with Crippen molar-refractivity contribution in [2.45, 2.75) is 33.1 Å². The molecule has 3 N–H and O–H groups in total. The number of carbonyl (C=O) groups is 1. The van der Waals surface area contributed by atoms with Crippen molar-refractivity contribution in [3.05, 3.63) is 17.2 Å².